The fourth-order valence-corrected chi connectivity index (χ4v) is 1.48. The first-order chi connectivity index (χ1) is 8.31. The van der Waals surface area contributed by atoms with Gasteiger partial charge in [-0.1, -0.05) is 13.0 Å². The molecule has 98 valence electrons. The number of aromatic hydroxyl groups is 1. The maximum Gasteiger partial charge on any atom is 0.329 e. The van der Waals surface area contributed by atoms with E-state index >= 15 is 0 Å². The van der Waals surface area contributed by atoms with Crippen LogP contribution in [0.2, 0.25) is 0 Å². The molecular weight excluding hydrogens is 234 g/mol. The highest BCUT2D eigenvalue weighted by Crippen LogP contribution is 2.20. The zero-order chi connectivity index (χ0) is 13.9. The standard InChI is InChI=1S/C13H17NO4/c1-4-13(3,12(17)18)14-11(16)9-6-5-7-10(15)8(9)2/h5-7,15H,4H2,1-3H3,(H,14,16)(H,17,18). The number of carbonyl (C=O) groups excluding carboxylic acids is 1. The van der Waals surface area contributed by atoms with Gasteiger partial charge in [-0.2, -0.15) is 0 Å². The molecule has 1 atom stereocenters. The average molecular weight is 251 g/mol. The predicted octanol–water partition coefficient (Wildman–Crippen LogP) is 1.68. The van der Waals surface area contributed by atoms with Gasteiger partial charge in [0.05, 0.1) is 0 Å². The number of benzene rings is 1. The lowest BCUT2D eigenvalue weighted by Gasteiger charge is -2.25. The van der Waals surface area contributed by atoms with Crippen LogP contribution in [0, 0.1) is 6.92 Å². The smallest absolute Gasteiger partial charge is 0.329 e. The monoisotopic (exact) mass is 251 g/mol. The molecule has 1 aromatic rings. The molecular formula is C13H17NO4. The summed E-state index contributed by atoms with van der Waals surface area (Å²) in [6.45, 7) is 4.74. The molecule has 0 aliphatic carbocycles. The van der Waals surface area contributed by atoms with E-state index in [0.29, 0.717) is 5.56 Å². The van der Waals surface area contributed by atoms with E-state index in [1.807, 2.05) is 0 Å². The lowest BCUT2D eigenvalue weighted by atomic mass is 9.97. The van der Waals surface area contributed by atoms with Crippen LogP contribution in [-0.2, 0) is 4.79 Å². The van der Waals surface area contributed by atoms with Gasteiger partial charge in [0, 0.05) is 11.1 Å². The summed E-state index contributed by atoms with van der Waals surface area (Å²) in [4.78, 5) is 23.1. The Balaban J connectivity index is 3.02. The predicted molar refractivity (Wildman–Crippen MR) is 66.6 cm³/mol. The van der Waals surface area contributed by atoms with Crippen molar-refractivity contribution in [2.75, 3.05) is 0 Å². The molecule has 0 fully saturated rings. The van der Waals surface area contributed by atoms with Crippen LogP contribution in [0.25, 0.3) is 0 Å². The van der Waals surface area contributed by atoms with Gasteiger partial charge in [0.1, 0.15) is 11.3 Å². The molecule has 3 N–H and O–H groups in total. The number of nitrogens with one attached hydrogen (secondary N) is 1. The van der Waals surface area contributed by atoms with E-state index in [2.05, 4.69) is 5.32 Å². The third kappa shape index (κ3) is 2.61. The van der Waals surface area contributed by atoms with Crippen LogP contribution in [0.15, 0.2) is 18.2 Å². The molecule has 0 aromatic heterocycles. The SMILES string of the molecule is CCC(C)(NC(=O)c1cccc(O)c1C)C(=O)O. The topological polar surface area (TPSA) is 86.6 Å². The van der Waals surface area contributed by atoms with Crippen LogP contribution in [-0.4, -0.2) is 27.6 Å². The van der Waals surface area contributed by atoms with Crippen LogP contribution >= 0.6 is 0 Å². The zero-order valence-corrected chi connectivity index (χ0v) is 10.7. The zero-order valence-electron chi connectivity index (χ0n) is 10.7. The number of carboxylic acids is 1. The van der Waals surface area contributed by atoms with Crippen LogP contribution in [0.5, 0.6) is 5.75 Å². The van der Waals surface area contributed by atoms with E-state index in [1.54, 1.807) is 26.0 Å². The largest absolute Gasteiger partial charge is 0.508 e. The Kier molecular flexibility index (Phi) is 3.96. The van der Waals surface area contributed by atoms with Gasteiger partial charge in [0.25, 0.3) is 5.91 Å². The summed E-state index contributed by atoms with van der Waals surface area (Å²) < 4.78 is 0. The van der Waals surface area contributed by atoms with E-state index < -0.39 is 17.4 Å². The van der Waals surface area contributed by atoms with Crippen molar-refractivity contribution in [3.8, 4) is 5.75 Å². The van der Waals surface area contributed by atoms with Gasteiger partial charge >= 0.3 is 5.97 Å². The number of carboxylic acid groups (broad SMARTS) is 1. The fraction of sp³-hybridized carbons (Fsp3) is 0.385. The number of hydrogen-bond acceptors (Lipinski definition) is 3. The second-order valence-electron chi connectivity index (χ2n) is 4.39. The Hall–Kier alpha value is -2.04. The van der Waals surface area contributed by atoms with Crippen LogP contribution in [0.3, 0.4) is 0 Å². The molecule has 0 bridgehead atoms. The first-order valence-corrected chi connectivity index (χ1v) is 5.66. The van der Waals surface area contributed by atoms with E-state index in [-0.39, 0.29) is 17.7 Å². The highest BCUT2D eigenvalue weighted by molar-refractivity contribution is 5.99. The molecule has 5 heteroatoms. The summed E-state index contributed by atoms with van der Waals surface area (Å²) >= 11 is 0. The minimum Gasteiger partial charge on any atom is -0.508 e. The van der Waals surface area contributed by atoms with Gasteiger partial charge in [-0.05, 0) is 32.4 Å². The highest BCUT2D eigenvalue weighted by Gasteiger charge is 2.33. The van der Waals surface area contributed by atoms with E-state index in [9.17, 15) is 14.7 Å². The molecule has 1 amide bonds. The van der Waals surface area contributed by atoms with Crippen molar-refractivity contribution in [3.63, 3.8) is 0 Å². The first-order valence-electron chi connectivity index (χ1n) is 5.66. The van der Waals surface area contributed by atoms with E-state index in [4.69, 9.17) is 5.11 Å². The number of carbonyl (C=O) groups is 2. The molecule has 0 radical (unpaired) electrons. The second-order valence-corrected chi connectivity index (χ2v) is 4.39. The normalized spacial score (nSPS) is 13.7. The summed E-state index contributed by atoms with van der Waals surface area (Å²) in [5, 5.41) is 21.1. The van der Waals surface area contributed by atoms with Crippen LogP contribution in [0.1, 0.15) is 36.2 Å². The van der Waals surface area contributed by atoms with Crippen molar-refractivity contribution in [2.45, 2.75) is 32.7 Å². The van der Waals surface area contributed by atoms with E-state index in [1.165, 1.54) is 13.0 Å². The Morgan fingerprint density at radius 2 is 2.00 bits per heavy atom. The van der Waals surface area contributed by atoms with Gasteiger partial charge < -0.3 is 15.5 Å². The molecule has 18 heavy (non-hydrogen) atoms. The molecule has 1 unspecified atom stereocenters. The highest BCUT2D eigenvalue weighted by atomic mass is 16.4. The summed E-state index contributed by atoms with van der Waals surface area (Å²) in [5.41, 5.74) is -0.607. The number of aliphatic carboxylic acids is 1. The number of rotatable bonds is 4. The molecule has 0 saturated carbocycles. The first kappa shape index (κ1) is 14.0. The van der Waals surface area contributed by atoms with Crippen LogP contribution in [0.4, 0.5) is 0 Å². The van der Waals surface area contributed by atoms with Crippen molar-refractivity contribution in [3.05, 3.63) is 29.3 Å². The van der Waals surface area contributed by atoms with E-state index in [0.717, 1.165) is 0 Å². The van der Waals surface area contributed by atoms with Crippen molar-refractivity contribution in [1.82, 2.24) is 5.32 Å². The van der Waals surface area contributed by atoms with Gasteiger partial charge in [0.2, 0.25) is 0 Å². The van der Waals surface area contributed by atoms with Crippen molar-refractivity contribution in [1.29, 1.82) is 0 Å². The lowest BCUT2D eigenvalue weighted by Crippen LogP contribution is -2.51. The van der Waals surface area contributed by atoms with Gasteiger partial charge in [0.15, 0.2) is 0 Å². The van der Waals surface area contributed by atoms with Crippen molar-refractivity contribution >= 4 is 11.9 Å². The Morgan fingerprint density at radius 1 is 1.39 bits per heavy atom. The lowest BCUT2D eigenvalue weighted by molar-refractivity contribution is -0.143. The Labute approximate surface area is 105 Å². The van der Waals surface area contributed by atoms with Crippen LogP contribution < -0.4 is 5.32 Å². The third-order valence-corrected chi connectivity index (χ3v) is 3.12. The Bertz CT molecular complexity index is 484. The minimum absolute atomic E-state index is 0.0103. The minimum atomic E-state index is -1.31. The number of phenolic OH excluding ortho intramolecular Hbond substituents is 1. The van der Waals surface area contributed by atoms with Gasteiger partial charge in [-0.3, -0.25) is 4.79 Å². The summed E-state index contributed by atoms with van der Waals surface area (Å²) in [6, 6.07) is 4.56. The van der Waals surface area contributed by atoms with Crippen molar-refractivity contribution < 1.29 is 19.8 Å². The molecule has 0 aliphatic heterocycles. The fourth-order valence-electron chi connectivity index (χ4n) is 1.48. The average Bonchev–Trinajstić information content (AvgIpc) is 2.32. The summed E-state index contributed by atoms with van der Waals surface area (Å²) in [5.74, 6) is -1.58. The van der Waals surface area contributed by atoms with Crippen molar-refractivity contribution in [2.24, 2.45) is 0 Å². The molecule has 1 aromatic carbocycles. The molecule has 0 aliphatic rings. The quantitative estimate of drug-likeness (QED) is 0.760. The van der Waals surface area contributed by atoms with Gasteiger partial charge in [-0.15, -0.1) is 0 Å². The summed E-state index contributed by atoms with van der Waals surface area (Å²) in [7, 11) is 0. The maximum atomic E-state index is 12.0. The molecule has 5 nitrogen and oxygen atoms in total. The second kappa shape index (κ2) is 5.08. The molecule has 1 rings (SSSR count). The number of phenols is 1. The summed E-state index contributed by atoms with van der Waals surface area (Å²) in [6.07, 6.45) is 0.270. The Morgan fingerprint density at radius 3 is 2.50 bits per heavy atom. The molecule has 0 heterocycles. The third-order valence-electron chi connectivity index (χ3n) is 3.12. The number of amides is 1. The molecule has 0 saturated heterocycles. The number of hydrogen-bond donors (Lipinski definition) is 3. The maximum absolute atomic E-state index is 12.0. The van der Waals surface area contributed by atoms with Gasteiger partial charge in [-0.25, -0.2) is 4.79 Å². The molecule has 0 spiro atoms.